The fourth-order valence-electron chi connectivity index (χ4n) is 2.42. The van der Waals surface area contributed by atoms with Gasteiger partial charge in [-0.2, -0.15) is 0 Å². The predicted octanol–water partition coefficient (Wildman–Crippen LogP) is 2.94. The summed E-state index contributed by atoms with van der Waals surface area (Å²) in [6, 6.07) is 5.68. The van der Waals surface area contributed by atoms with Gasteiger partial charge in [-0.25, -0.2) is 4.99 Å². The first-order valence-corrected chi connectivity index (χ1v) is 6.03. The van der Waals surface area contributed by atoms with Crippen molar-refractivity contribution in [2.24, 2.45) is 4.99 Å². The third-order valence-corrected chi connectivity index (χ3v) is 3.84. The third kappa shape index (κ3) is 1.49. The molecule has 0 aromatic heterocycles. The molecular formula is C13H13ClN2O. The van der Waals surface area contributed by atoms with Gasteiger partial charge in [0.1, 0.15) is 5.84 Å². The van der Waals surface area contributed by atoms with Crippen LogP contribution in [0.15, 0.2) is 23.2 Å². The number of benzene rings is 1. The van der Waals surface area contributed by atoms with Crippen molar-refractivity contribution in [2.45, 2.75) is 32.4 Å². The summed E-state index contributed by atoms with van der Waals surface area (Å²) in [4.78, 5) is 18.6. The highest BCUT2D eigenvalue weighted by molar-refractivity contribution is 6.30. The molecule has 2 heterocycles. The lowest BCUT2D eigenvalue weighted by molar-refractivity contribution is -0.123. The smallest absolute Gasteiger partial charge is 0.165 e. The Bertz CT molecular complexity index is 548. The van der Waals surface area contributed by atoms with Crippen molar-refractivity contribution in [3.05, 3.63) is 28.8 Å². The van der Waals surface area contributed by atoms with Gasteiger partial charge in [-0.15, -0.1) is 0 Å². The summed E-state index contributed by atoms with van der Waals surface area (Å²) in [6.07, 6.45) is 0.440. The van der Waals surface area contributed by atoms with Crippen molar-refractivity contribution in [1.29, 1.82) is 0 Å². The molecule has 17 heavy (non-hydrogen) atoms. The monoisotopic (exact) mass is 248 g/mol. The molecule has 0 saturated carbocycles. The van der Waals surface area contributed by atoms with Crippen LogP contribution < -0.4 is 0 Å². The second kappa shape index (κ2) is 3.33. The quantitative estimate of drug-likeness (QED) is 0.707. The highest BCUT2D eigenvalue weighted by Gasteiger charge is 2.45. The van der Waals surface area contributed by atoms with Gasteiger partial charge in [-0.3, -0.25) is 4.79 Å². The average molecular weight is 249 g/mol. The molecule has 0 spiro atoms. The number of aliphatic imine (C=N–C) groups is 1. The van der Waals surface area contributed by atoms with E-state index < -0.39 is 5.54 Å². The molecular weight excluding hydrogens is 236 g/mol. The van der Waals surface area contributed by atoms with Gasteiger partial charge in [-0.05, 0) is 37.6 Å². The van der Waals surface area contributed by atoms with E-state index in [2.05, 4.69) is 9.89 Å². The normalized spacial score (nSPS) is 21.0. The molecule has 2 aliphatic rings. The van der Waals surface area contributed by atoms with Crippen molar-refractivity contribution in [2.75, 3.05) is 0 Å². The third-order valence-electron chi connectivity index (χ3n) is 3.61. The SMILES string of the molecule is CC1(C)C(=O)CC2=Nc3ccc(Cl)cc3CN21. The van der Waals surface area contributed by atoms with Gasteiger partial charge in [0, 0.05) is 11.6 Å². The zero-order valence-electron chi connectivity index (χ0n) is 9.83. The number of carbonyl (C=O) groups is 1. The summed E-state index contributed by atoms with van der Waals surface area (Å²) >= 11 is 5.99. The molecule has 0 bridgehead atoms. The molecule has 3 rings (SSSR count). The molecule has 0 atom stereocenters. The van der Waals surface area contributed by atoms with Gasteiger partial charge in [0.05, 0.1) is 17.6 Å². The predicted molar refractivity (Wildman–Crippen MR) is 67.8 cm³/mol. The molecule has 0 aliphatic carbocycles. The Hall–Kier alpha value is -1.35. The fourth-order valence-corrected chi connectivity index (χ4v) is 2.61. The van der Waals surface area contributed by atoms with Crippen LogP contribution >= 0.6 is 11.6 Å². The van der Waals surface area contributed by atoms with Crippen LogP contribution in [0.3, 0.4) is 0 Å². The number of carbonyl (C=O) groups excluding carboxylic acids is 1. The lowest BCUT2D eigenvalue weighted by atomic mass is 10.00. The van der Waals surface area contributed by atoms with Crippen LogP contribution in [-0.2, 0) is 11.3 Å². The number of halogens is 1. The zero-order valence-corrected chi connectivity index (χ0v) is 10.6. The highest BCUT2D eigenvalue weighted by Crippen LogP contribution is 2.37. The zero-order chi connectivity index (χ0) is 12.2. The van der Waals surface area contributed by atoms with Crippen LogP contribution in [0, 0.1) is 0 Å². The van der Waals surface area contributed by atoms with Crippen molar-refractivity contribution in [1.82, 2.24) is 4.90 Å². The van der Waals surface area contributed by atoms with E-state index in [0.29, 0.717) is 18.0 Å². The summed E-state index contributed by atoms with van der Waals surface area (Å²) in [6.45, 7) is 4.62. The molecule has 0 N–H and O–H groups in total. The first-order chi connectivity index (χ1) is 7.98. The minimum atomic E-state index is -0.446. The van der Waals surface area contributed by atoms with E-state index in [4.69, 9.17) is 11.6 Å². The van der Waals surface area contributed by atoms with Crippen LogP contribution in [0.25, 0.3) is 0 Å². The van der Waals surface area contributed by atoms with E-state index in [1.165, 1.54) is 0 Å². The second-order valence-corrected chi connectivity index (χ2v) is 5.48. The number of Topliss-reactive ketones (excluding diaryl/α,β-unsaturated/α-hetero) is 1. The van der Waals surface area contributed by atoms with Crippen LogP contribution in [-0.4, -0.2) is 22.1 Å². The fraction of sp³-hybridized carbons (Fsp3) is 0.385. The number of ketones is 1. The molecule has 1 aromatic rings. The van der Waals surface area contributed by atoms with Gasteiger partial charge in [-0.1, -0.05) is 11.6 Å². The molecule has 3 nitrogen and oxygen atoms in total. The molecule has 0 radical (unpaired) electrons. The maximum Gasteiger partial charge on any atom is 0.165 e. The number of rotatable bonds is 0. The van der Waals surface area contributed by atoms with E-state index in [1.807, 2.05) is 32.0 Å². The number of fused-ring (bicyclic) bond motifs is 2. The summed E-state index contributed by atoms with van der Waals surface area (Å²) in [5, 5.41) is 0.714. The Morgan fingerprint density at radius 2 is 2.18 bits per heavy atom. The number of hydrogen-bond donors (Lipinski definition) is 0. The Balaban J connectivity index is 2.10. The minimum absolute atomic E-state index is 0.232. The lowest BCUT2D eigenvalue weighted by Crippen LogP contribution is -2.44. The summed E-state index contributed by atoms with van der Waals surface area (Å²) < 4.78 is 0. The largest absolute Gasteiger partial charge is 0.343 e. The van der Waals surface area contributed by atoms with Crippen LogP contribution in [0.5, 0.6) is 0 Å². The molecule has 0 amide bonds. The second-order valence-electron chi connectivity index (χ2n) is 5.05. The van der Waals surface area contributed by atoms with Crippen molar-refractivity contribution in [3.8, 4) is 0 Å². The van der Waals surface area contributed by atoms with Crippen LogP contribution in [0.1, 0.15) is 25.8 Å². The Labute approximate surface area is 105 Å². The van der Waals surface area contributed by atoms with Gasteiger partial charge in [0.15, 0.2) is 5.78 Å². The average Bonchev–Trinajstić information content (AvgIpc) is 2.48. The van der Waals surface area contributed by atoms with Crippen LogP contribution in [0.4, 0.5) is 5.69 Å². The van der Waals surface area contributed by atoms with Crippen molar-refractivity contribution < 1.29 is 4.79 Å². The highest BCUT2D eigenvalue weighted by atomic mass is 35.5. The molecule has 4 heteroatoms. The first kappa shape index (κ1) is 10.8. The van der Waals surface area contributed by atoms with E-state index in [1.54, 1.807) is 0 Å². The van der Waals surface area contributed by atoms with Gasteiger partial charge in [0.2, 0.25) is 0 Å². The van der Waals surface area contributed by atoms with E-state index in [-0.39, 0.29) is 5.78 Å². The first-order valence-electron chi connectivity index (χ1n) is 5.65. The maximum atomic E-state index is 11.9. The standard InChI is InChI=1S/C13H13ClN2O/c1-13(2)11(17)6-12-15-10-4-3-9(14)5-8(10)7-16(12)13/h3-5H,6-7H2,1-2H3. The van der Waals surface area contributed by atoms with Crippen LogP contribution in [0.2, 0.25) is 5.02 Å². The Kier molecular flexibility index (Phi) is 2.11. The molecule has 1 aromatic carbocycles. The topological polar surface area (TPSA) is 32.7 Å². The molecule has 1 saturated heterocycles. The molecule has 2 aliphatic heterocycles. The molecule has 0 unspecified atom stereocenters. The lowest BCUT2D eigenvalue weighted by Gasteiger charge is -2.34. The van der Waals surface area contributed by atoms with Crippen molar-refractivity contribution >= 4 is 28.9 Å². The summed E-state index contributed by atoms with van der Waals surface area (Å²) in [5.74, 6) is 1.12. The minimum Gasteiger partial charge on any atom is -0.343 e. The van der Waals surface area contributed by atoms with Gasteiger partial charge >= 0.3 is 0 Å². The van der Waals surface area contributed by atoms with E-state index in [9.17, 15) is 4.79 Å². The van der Waals surface area contributed by atoms with Gasteiger partial charge < -0.3 is 4.90 Å². The Morgan fingerprint density at radius 1 is 1.41 bits per heavy atom. The number of nitrogens with zero attached hydrogens (tertiary/aromatic N) is 2. The van der Waals surface area contributed by atoms with Gasteiger partial charge in [0.25, 0.3) is 0 Å². The maximum absolute atomic E-state index is 11.9. The Morgan fingerprint density at radius 3 is 2.94 bits per heavy atom. The summed E-state index contributed by atoms with van der Waals surface area (Å²) in [7, 11) is 0. The molecule has 88 valence electrons. The summed E-state index contributed by atoms with van der Waals surface area (Å²) in [5.41, 5.74) is 1.58. The molecule has 1 fully saturated rings. The number of amidine groups is 1. The van der Waals surface area contributed by atoms with E-state index in [0.717, 1.165) is 17.1 Å². The van der Waals surface area contributed by atoms with Crippen molar-refractivity contribution in [3.63, 3.8) is 0 Å². The van der Waals surface area contributed by atoms with E-state index >= 15 is 0 Å². The number of hydrogen-bond acceptors (Lipinski definition) is 3.